The lowest BCUT2D eigenvalue weighted by atomic mass is 10.1. The summed E-state index contributed by atoms with van der Waals surface area (Å²) in [5, 5.41) is 1.43. The van der Waals surface area contributed by atoms with E-state index in [-0.39, 0.29) is 0 Å². The number of nitrogens with two attached hydrogens (primary N) is 1. The molecule has 17 heavy (non-hydrogen) atoms. The molecule has 2 heterocycles. The van der Waals surface area contributed by atoms with Gasteiger partial charge in [0.25, 0.3) is 6.47 Å². The lowest BCUT2D eigenvalue weighted by molar-refractivity contribution is -0.133. The molecule has 2 rings (SSSR count). The van der Waals surface area contributed by atoms with Gasteiger partial charge in [0.2, 0.25) is 0 Å². The number of carbonyl (C=O) groups excluding carboxylic acids is 1. The second-order valence-corrected chi connectivity index (χ2v) is 4.49. The molecule has 0 aliphatic rings. The molecule has 2 unspecified atom stereocenters. The molecule has 0 aliphatic heterocycles. The zero-order valence-corrected chi connectivity index (χ0v) is 10.7. The Morgan fingerprint density at radius 3 is 3.18 bits per heavy atom. The Bertz CT molecular complexity index is 558. The summed E-state index contributed by atoms with van der Waals surface area (Å²) in [7, 11) is 2.52. The van der Waals surface area contributed by atoms with Gasteiger partial charge < -0.3 is 9.07 Å². The fourth-order valence-corrected chi connectivity index (χ4v) is 2.34. The molecule has 2 aromatic rings. The number of hydrogen-bond donors (Lipinski definition) is 1. The Kier molecular flexibility index (Phi) is 3.62. The van der Waals surface area contributed by atoms with Crippen LogP contribution in [0.5, 0.6) is 0 Å². The largest absolute Gasteiger partial charge is 0.449 e. The summed E-state index contributed by atoms with van der Waals surface area (Å²) >= 11 is 6.12. The molecule has 0 fully saturated rings. The smallest absolute Gasteiger partial charge is 0.294 e. The molecular formula is C10H11ClN3O2P. The van der Waals surface area contributed by atoms with E-state index in [2.05, 4.69) is 19.1 Å². The summed E-state index contributed by atoms with van der Waals surface area (Å²) in [6.45, 7) is 0.338. The Morgan fingerprint density at radius 2 is 2.47 bits per heavy atom. The maximum Gasteiger partial charge on any atom is 0.294 e. The molecule has 0 spiro atoms. The number of nitrogens with zero attached hydrogens (tertiary/aromatic N) is 2. The molecule has 0 saturated heterocycles. The molecule has 0 bridgehead atoms. The Hall–Kier alpha value is -1.16. The average Bonchev–Trinajstić information content (AvgIpc) is 2.57. The molecule has 2 atom stereocenters. The van der Waals surface area contributed by atoms with E-state index in [0.29, 0.717) is 17.9 Å². The van der Waals surface area contributed by atoms with Crippen LogP contribution in [0.1, 0.15) is 5.56 Å². The van der Waals surface area contributed by atoms with Crippen LogP contribution in [0.15, 0.2) is 18.5 Å². The molecule has 2 aromatic heterocycles. The first kappa shape index (κ1) is 12.3. The number of rotatable bonds is 4. The molecule has 7 heteroatoms. The van der Waals surface area contributed by atoms with Crippen molar-refractivity contribution in [3.63, 3.8) is 0 Å². The Balaban J connectivity index is 2.44. The van der Waals surface area contributed by atoms with Gasteiger partial charge in [-0.25, -0.2) is 4.98 Å². The number of fused-ring (bicyclic) bond motifs is 1. The van der Waals surface area contributed by atoms with E-state index in [1.165, 1.54) is 0 Å². The summed E-state index contributed by atoms with van der Waals surface area (Å²) in [6, 6.07) is 1.71. The zero-order valence-electron chi connectivity index (χ0n) is 8.84. The molecule has 2 N–H and O–H groups in total. The molecule has 0 saturated carbocycles. The van der Waals surface area contributed by atoms with E-state index < -0.39 is 6.23 Å². The van der Waals surface area contributed by atoms with Crippen LogP contribution in [-0.4, -0.2) is 22.0 Å². The van der Waals surface area contributed by atoms with Gasteiger partial charge in [0, 0.05) is 24.2 Å². The van der Waals surface area contributed by atoms with Crippen molar-refractivity contribution in [2.24, 2.45) is 5.73 Å². The summed E-state index contributed by atoms with van der Waals surface area (Å²) in [5.41, 5.74) is 7.27. The number of halogens is 1. The fraction of sp³-hybridized carbons (Fsp3) is 0.200. The maximum atomic E-state index is 10.2. The minimum atomic E-state index is -0.681. The van der Waals surface area contributed by atoms with E-state index in [4.69, 9.17) is 17.3 Å². The normalized spacial score (nSPS) is 12.6. The minimum Gasteiger partial charge on any atom is -0.449 e. The number of aromatic nitrogens is 2. The topological polar surface area (TPSA) is 70.1 Å². The van der Waals surface area contributed by atoms with Crippen molar-refractivity contribution < 1.29 is 9.53 Å². The first-order valence-corrected chi connectivity index (χ1v) is 5.77. The highest BCUT2D eigenvalue weighted by molar-refractivity contribution is 7.14. The van der Waals surface area contributed by atoms with Crippen molar-refractivity contribution in [3.8, 4) is 0 Å². The van der Waals surface area contributed by atoms with Gasteiger partial charge in [0.1, 0.15) is 5.65 Å². The van der Waals surface area contributed by atoms with Crippen molar-refractivity contribution in [3.05, 3.63) is 29.0 Å². The first-order valence-electron chi connectivity index (χ1n) is 4.87. The average molecular weight is 272 g/mol. The van der Waals surface area contributed by atoms with Crippen molar-refractivity contribution in [2.45, 2.75) is 12.6 Å². The minimum absolute atomic E-state index is 0.338. The third kappa shape index (κ3) is 2.41. The van der Waals surface area contributed by atoms with Crippen LogP contribution in [-0.2, 0) is 16.0 Å². The third-order valence-corrected chi connectivity index (χ3v) is 3.10. The van der Waals surface area contributed by atoms with Crippen LogP contribution in [0.2, 0.25) is 5.02 Å². The van der Waals surface area contributed by atoms with E-state index in [9.17, 15) is 4.79 Å². The van der Waals surface area contributed by atoms with Gasteiger partial charge in [-0.15, -0.1) is 0 Å². The van der Waals surface area contributed by atoms with Crippen molar-refractivity contribution in [1.82, 2.24) is 9.32 Å². The third-order valence-electron chi connectivity index (χ3n) is 2.39. The molecule has 0 aromatic carbocycles. The second-order valence-electron chi connectivity index (χ2n) is 3.53. The predicted octanol–water partition coefficient (Wildman–Crippen LogP) is 1.33. The quantitative estimate of drug-likeness (QED) is 0.517. The maximum absolute atomic E-state index is 10.2. The Morgan fingerprint density at radius 1 is 1.71 bits per heavy atom. The second kappa shape index (κ2) is 5.00. The van der Waals surface area contributed by atoms with Crippen molar-refractivity contribution in [1.29, 1.82) is 0 Å². The van der Waals surface area contributed by atoms with Crippen LogP contribution < -0.4 is 5.73 Å². The monoisotopic (exact) mass is 271 g/mol. The number of hydrogen-bond acceptors (Lipinski definition) is 4. The van der Waals surface area contributed by atoms with Crippen LogP contribution in [0.4, 0.5) is 0 Å². The van der Waals surface area contributed by atoms with E-state index >= 15 is 0 Å². The number of pyridine rings is 1. The zero-order chi connectivity index (χ0) is 12.4. The van der Waals surface area contributed by atoms with Gasteiger partial charge in [-0.3, -0.25) is 10.5 Å². The van der Waals surface area contributed by atoms with Gasteiger partial charge in [0.15, 0.2) is 6.23 Å². The van der Waals surface area contributed by atoms with Crippen molar-refractivity contribution in [2.75, 3.05) is 0 Å². The van der Waals surface area contributed by atoms with Gasteiger partial charge in [-0.05, 0) is 21.0 Å². The van der Waals surface area contributed by atoms with E-state index in [0.717, 1.165) is 16.6 Å². The molecule has 0 aliphatic carbocycles. The predicted molar refractivity (Wildman–Crippen MR) is 68.7 cm³/mol. The van der Waals surface area contributed by atoms with E-state index in [1.54, 1.807) is 16.6 Å². The lowest BCUT2D eigenvalue weighted by Crippen LogP contribution is -2.25. The first-order chi connectivity index (χ1) is 8.13. The standard InChI is InChI=1S/C10H11ClN3O2P/c11-7-1-2-13-10-9(7)6(4-14(10)17)3-8(12)16-5-15/h1-2,4-5,8H,3,12,17H2. The Labute approximate surface area is 105 Å². The fourth-order valence-electron chi connectivity index (χ4n) is 1.71. The molecule has 5 nitrogen and oxygen atoms in total. The highest BCUT2D eigenvalue weighted by Crippen LogP contribution is 2.28. The summed E-state index contributed by atoms with van der Waals surface area (Å²) < 4.78 is 6.44. The van der Waals surface area contributed by atoms with Crippen LogP contribution in [0.25, 0.3) is 11.0 Å². The van der Waals surface area contributed by atoms with E-state index in [1.807, 2.05) is 6.20 Å². The highest BCUT2D eigenvalue weighted by Gasteiger charge is 2.14. The molecule has 90 valence electrons. The number of ether oxygens (including phenoxy) is 1. The molecule has 0 amide bonds. The summed E-state index contributed by atoms with van der Waals surface area (Å²) in [4.78, 5) is 14.4. The summed E-state index contributed by atoms with van der Waals surface area (Å²) in [5.74, 6) is 0. The van der Waals surface area contributed by atoms with Gasteiger partial charge >= 0.3 is 0 Å². The SMILES string of the molecule is NC(Cc1cn(P)c2nccc(Cl)c12)OC=O. The van der Waals surface area contributed by atoms with Crippen LogP contribution in [0.3, 0.4) is 0 Å². The highest BCUT2D eigenvalue weighted by atomic mass is 35.5. The molecule has 0 radical (unpaired) electrons. The number of carbonyl (C=O) groups is 1. The van der Waals surface area contributed by atoms with Gasteiger partial charge in [-0.1, -0.05) is 11.6 Å². The molecular weight excluding hydrogens is 261 g/mol. The van der Waals surface area contributed by atoms with Crippen LogP contribution in [0, 0.1) is 0 Å². The lowest BCUT2D eigenvalue weighted by Gasteiger charge is -2.08. The van der Waals surface area contributed by atoms with Crippen LogP contribution >= 0.6 is 21.0 Å². The summed E-state index contributed by atoms with van der Waals surface area (Å²) in [6.07, 6.45) is 3.20. The van der Waals surface area contributed by atoms with Gasteiger partial charge in [-0.2, -0.15) is 0 Å². The van der Waals surface area contributed by atoms with Crippen molar-refractivity contribution >= 4 is 38.5 Å². The van der Waals surface area contributed by atoms with Gasteiger partial charge in [0.05, 0.1) is 5.02 Å².